The van der Waals surface area contributed by atoms with Crippen molar-refractivity contribution in [3.8, 4) is 17.6 Å². The summed E-state index contributed by atoms with van der Waals surface area (Å²) in [5.41, 5.74) is 6.51. The van der Waals surface area contributed by atoms with Gasteiger partial charge in [-0.2, -0.15) is 5.26 Å². The van der Waals surface area contributed by atoms with Gasteiger partial charge in [-0.1, -0.05) is 0 Å². The van der Waals surface area contributed by atoms with E-state index in [2.05, 4.69) is 15.9 Å². The van der Waals surface area contributed by atoms with Crippen molar-refractivity contribution < 1.29 is 9.13 Å². The highest BCUT2D eigenvalue weighted by Crippen LogP contribution is 2.33. The van der Waals surface area contributed by atoms with E-state index >= 15 is 0 Å². The van der Waals surface area contributed by atoms with E-state index in [1.54, 1.807) is 18.2 Å². The van der Waals surface area contributed by atoms with Gasteiger partial charge in [0.15, 0.2) is 0 Å². The molecule has 2 rings (SSSR count). The quantitative estimate of drug-likeness (QED) is 0.858. The molecule has 5 heteroatoms. The second-order valence-corrected chi connectivity index (χ2v) is 4.40. The molecule has 0 unspecified atom stereocenters. The number of hydrogen-bond donors (Lipinski definition) is 1. The van der Waals surface area contributed by atoms with Crippen LogP contribution < -0.4 is 10.5 Å². The van der Waals surface area contributed by atoms with Gasteiger partial charge in [0.25, 0.3) is 0 Å². The van der Waals surface area contributed by atoms with Crippen LogP contribution in [-0.4, -0.2) is 0 Å². The molecule has 0 heterocycles. The van der Waals surface area contributed by atoms with Crippen molar-refractivity contribution in [1.82, 2.24) is 0 Å². The molecule has 2 N–H and O–H groups in total. The Hall–Kier alpha value is -2.06. The van der Waals surface area contributed by atoms with Gasteiger partial charge in [-0.3, -0.25) is 0 Å². The fourth-order valence-electron chi connectivity index (χ4n) is 1.38. The van der Waals surface area contributed by atoms with Crippen molar-refractivity contribution in [1.29, 1.82) is 5.26 Å². The maximum absolute atomic E-state index is 13.1. The number of halogens is 2. The lowest BCUT2D eigenvalue weighted by atomic mass is 10.2. The second kappa shape index (κ2) is 5.07. The first-order valence-corrected chi connectivity index (χ1v) is 5.82. The van der Waals surface area contributed by atoms with Gasteiger partial charge in [0.1, 0.15) is 17.3 Å². The number of nitrogen functional groups attached to an aromatic ring is 1. The van der Waals surface area contributed by atoms with Crippen molar-refractivity contribution >= 4 is 21.6 Å². The Bertz CT molecular complexity index is 637. The molecule has 0 bridgehead atoms. The molecule has 18 heavy (non-hydrogen) atoms. The minimum absolute atomic E-state index is 0.324. The van der Waals surface area contributed by atoms with E-state index in [4.69, 9.17) is 15.7 Å². The highest BCUT2D eigenvalue weighted by molar-refractivity contribution is 9.10. The number of ether oxygens (including phenoxy) is 1. The summed E-state index contributed by atoms with van der Waals surface area (Å²) in [7, 11) is 0. The van der Waals surface area contributed by atoms with E-state index in [1.165, 1.54) is 18.2 Å². The minimum atomic E-state index is -0.402. The Balaban J connectivity index is 2.34. The van der Waals surface area contributed by atoms with Crippen LogP contribution in [0.2, 0.25) is 0 Å². The zero-order valence-corrected chi connectivity index (χ0v) is 10.7. The van der Waals surface area contributed by atoms with Crippen LogP contribution in [0.4, 0.5) is 10.1 Å². The van der Waals surface area contributed by atoms with Gasteiger partial charge in [-0.05, 0) is 46.3 Å². The topological polar surface area (TPSA) is 59.0 Å². The molecule has 0 aliphatic rings. The lowest BCUT2D eigenvalue weighted by Crippen LogP contribution is -1.94. The zero-order chi connectivity index (χ0) is 13.1. The molecule has 0 radical (unpaired) electrons. The number of nitriles is 1. The number of rotatable bonds is 2. The maximum atomic E-state index is 13.1. The van der Waals surface area contributed by atoms with Crippen LogP contribution in [0, 0.1) is 17.1 Å². The molecule has 90 valence electrons. The van der Waals surface area contributed by atoms with Gasteiger partial charge in [0.2, 0.25) is 0 Å². The van der Waals surface area contributed by atoms with E-state index in [-0.39, 0.29) is 0 Å². The third-order valence-corrected chi connectivity index (χ3v) is 2.91. The van der Waals surface area contributed by atoms with Crippen LogP contribution in [0.3, 0.4) is 0 Å². The standard InChI is InChI=1S/C13H8BrFN2O/c14-10-3-2-9(15)6-13(10)18-12-4-1-8(7-16)5-11(12)17/h1-6H,17H2. The van der Waals surface area contributed by atoms with E-state index in [0.717, 1.165) is 0 Å². The Kier molecular flexibility index (Phi) is 3.49. The summed E-state index contributed by atoms with van der Waals surface area (Å²) in [5.74, 6) is 0.298. The van der Waals surface area contributed by atoms with Gasteiger partial charge in [0.05, 0.1) is 21.8 Å². The van der Waals surface area contributed by atoms with Crippen molar-refractivity contribution in [2.75, 3.05) is 5.73 Å². The Morgan fingerprint density at radius 3 is 2.61 bits per heavy atom. The monoisotopic (exact) mass is 306 g/mol. The van der Waals surface area contributed by atoms with Crippen molar-refractivity contribution in [2.24, 2.45) is 0 Å². The van der Waals surface area contributed by atoms with Crippen molar-refractivity contribution in [3.05, 3.63) is 52.3 Å². The molecule has 3 nitrogen and oxygen atoms in total. The number of nitrogens with two attached hydrogens (primary N) is 1. The Morgan fingerprint density at radius 1 is 1.17 bits per heavy atom. The highest BCUT2D eigenvalue weighted by atomic mass is 79.9. The lowest BCUT2D eigenvalue weighted by Gasteiger charge is -2.10. The van der Waals surface area contributed by atoms with E-state index in [0.29, 0.717) is 27.2 Å². The summed E-state index contributed by atoms with van der Waals surface area (Å²) in [6.07, 6.45) is 0. The highest BCUT2D eigenvalue weighted by Gasteiger charge is 2.07. The molecule has 0 atom stereocenters. The first-order valence-electron chi connectivity index (χ1n) is 5.02. The molecule has 2 aromatic carbocycles. The number of nitrogens with zero attached hydrogens (tertiary/aromatic N) is 1. The van der Waals surface area contributed by atoms with E-state index in [1.807, 2.05) is 6.07 Å². The smallest absolute Gasteiger partial charge is 0.150 e. The minimum Gasteiger partial charge on any atom is -0.454 e. The van der Waals surface area contributed by atoms with Crippen LogP contribution in [-0.2, 0) is 0 Å². The zero-order valence-electron chi connectivity index (χ0n) is 9.15. The van der Waals surface area contributed by atoms with Gasteiger partial charge < -0.3 is 10.5 Å². The van der Waals surface area contributed by atoms with Crippen molar-refractivity contribution in [3.63, 3.8) is 0 Å². The molecule has 0 saturated carbocycles. The van der Waals surface area contributed by atoms with Gasteiger partial charge >= 0.3 is 0 Å². The molecule has 0 fully saturated rings. The van der Waals surface area contributed by atoms with E-state index < -0.39 is 5.82 Å². The third kappa shape index (κ3) is 2.60. The van der Waals surface area contributed by atoms with Gasteiger partial charge in [0, 0.05) is 6.07 Å². The molecule has 0 aliphatic carbocycles. The molecular weight excluding hydrogens is 299 g/mol. The lowest BCUT2D eigenvalue weighted by molar-refractivity contribution is 0.476. The largest absolute Gasteiger partial charge is 0.454 e. The fraction of sp³-hybridized carbons (Fsp3) is 0. The molecule has 0 amide bonds. The summed E-state index contributed by atoms with van der Waals surface area (Å²) in [6.45, 7) is 0. The Labute approximate surface area is 112 Å². The molecule has 0 saturated heterocycles. The first kappa shape index (κ1) is 12.4. The van der Waals surface area contributed by atoms with Crippen molar-refractivity contribution in [2.45, 2.75) is 0 Å². The first-order chi connectivity index (χ1) is 8.60. The molecule has 0 aliphatic heterocycles. The van der Waals surface area contributed by atoms with Gasteiger partial charge in [-0.15, -0.1) is 0 Å². The third-order valence-electron chi connectivity index (χ3n) is 2.25. The maximum Gasteiger partial charge on any atom is 0.150 e. The van der Waals surface area contributed by atoms with Crippen LogP contribution in [0.5, 0.6) is 11.5 Å². The van der Waals surface area contributed by atoms with Crippen LogP contribution in [0.1, 0.15) is 5.56 Å². The Morgan fingerprint density at radius 2 is 1.94 bits per heavy atom. The number of anilines is 1. The molecule has 0 spiro atoms. The van der Waals surface area contributed by atoms with Crippen LogP contribution in [0.15, 0.2) is 40.9 Å². The van der Waals surface area contributed by atoms with Gasteiger partial charge in [-0.25, -0.2) is 4.39 Å². The summed E-state index contributed by atoms with van der Waals surface area (Å²) < 4.78 is 19.2. The summed E-state index contributed by atoms with van der Waals surface area (Å²) >= 11 is 3.26. The molecule has 2 aromatic rings. The molecule has 0 aromatic heterocycles. The fourth-order valence-corrected chi connectivity index (χ4v) is 1.71. The molecular formula is C13H8BrFN2O. The SMILES string of the molecule is N#Cc1ccc(Oc2cc(F)ccc2Br)c(N)c1. The average Bonchev–Trinajstić information content (AvgIpc) is 2.36. The summed E-state index contributed by atoms with van der Waals surface area (Å²) in [6, 6.07) is 10.8. The van der Waals surface area contributed by atoms with Crippen LogP contribution in [0.25, 0.3) is 0 Å². The predicted octanol–water partition coefficient (Wildman–Crippen LogP) is 3.83. The summed E-state index contributed by atoms with van der Waals surface area (Å²) in [4.78, 5) is 0. The number of benzene rings is 2. The predicted molar refractivity (Wildman–Crippen MR) is 69.7 cm³/mol. The second-order valence-electron chi connectivity index (χ2n) is 3.54. The average molecular weight is 307 g/mol. The van der Waals surface area contributed by atoms with Crippen LogP contribution >= 0.6 is 15.9 Å². The number of hydrogen-bond acceptors (Lipinski definition) is 3. The normalized spacial score (nSPS) is 9.83. The van der Waals surface area contributed by atoms with E-state index in [9.17, 15) is 4.39 Å². The summed E-state index contributed by atoms with van der Waals surface area (Å²) in [5, 5.41) is 8.72.